The molecule has 0 spiro atoms. The van der Waals surface area contributed by atoms with Crippen LogP contribution < -0.4 is 9.62 Å². The second-order valence-corrected chi connectivity index (χ2v) is 9.78. The van der Waals surface area contributed by atoms with Gasteiger partial charge in [0.15, 0.2) is 0 Å². The number of hydrogen-bond donors (Lipinski definition) is 1. The predicted molar refractivity (Wildman–Crippen MR) is 118 cm³/mol. The van der Waals surface area contributed by atoms with E-state index in [4.69, 9.17) is 0 Å². The van der Waals surface area contributed by atoms with Crippen molar-refractivity contribution in [2.75, 3.05) is 17.1 Å². The van der Waals surface area contributed by atoms with E-state index in [9.17, 15) is 13.2 Å². The molecule has 1 amide bonds. The average Bonchev–Trinajstić information content (AvgIpc) is 2.70. The van der Waals surface area contributed by atoms with Gasteiger partial charge in [0.25, 0.3) is 0 Å². The van der Waals surface area contributed by atoms with E-state index in [0.717, 1.165) is 41.0 Å². The van der Waals surface area contributed by atoms with E-state index < -0.39 is 10.0 Å². The molecule has 0 bridgehead atoms. The van der Waals surface area contributed by atoms with Gasteiger partial charge in [0.2, 0.25) is 15.9 Å². The number of benzene rings is 2. The number of nitrogens with one attached hydrogen (secondary N) is 1. The summed E-state index contributed by atoms with van der Waals surface area (Å²) >= 11 is 0. The molecule has 0 heterocycles. The fraction of sp³-hybridized carbons (Fsp3) is 0.435. The molecular weight excluding hydrogens is 384 g/mol. The summed E-state index contributed by atoms with van der Waals surface area (Å²) in [6, 6.07) is 13.5. The molecule has 1 aliphatic rings. The first kappa shape index (κ1) is 21.4. The predicted octanol–water partition coefficient (Wildman–Crippen LogP) is 3.91. The van der Waals surface area contributed by atoms with E-state index in [1.54, 1.807) is 12.1 Å². The monoisotopic (exact) mass is 414 g/mol. The Kier molecular flexibility index (Phi) is 6.63. The molecule has 0 aromatic heterocycles. The van der Waals surface area contributed by atoms with E-state index >= 15 is 0 Å². The molecule has 156 valence electrons. The zero-order valence-electron chi connectivity index (χ0n) is 17.4. The third-order valence-electron chi connectivity index (χ3n) is 5.53. The quantitative estimate of drug-likeness (QED) is 0.747. The Labute approximate surface area is 174 Å². The maximum Gasteiger partial charge on any atom is 0.241 e. The highest BCUT2D eigenvalue weighted by atomic mass is 32.2. The summed E-state index contributed by atoms with van der Waals surface area (Å²) in [6.07, 6.45) is 6.52. The number of carbonyl (C=O) groups is 1. The number of anilines is 1. The fourth-order valence-corrected chi connectivity index (χ4v) is 4.73. The third kappa shape index (κ3) is 5.38. The maximum absolute atomic E-state index is 12.8. The van der Waals surface area contributed by atoms with E-state index in [2.05, 4.69) is 23.5 Å². The Morgan fingerprint density at radius 2 is 1.72 bits per heavy atom. The molecule has 5 nitrogen and oxygen atoms in total. The normalized spacial score (nSPS) is 14.7. The van der Waals surface area contributed by atoms with Crippen LogP contribution in [0, 0.1) is 6.92 Å². The molecule has 2 aromatic carbocycles. The summed E-state index contributed by atoms with van der Waals surface area (Å²) in [4.78, 5) is 12.8. The van der Waals surface area contributed by atoms with Crippen molar-refractivity contribution in [3.8, 4) is 0 Å². The number of carbonyl (C=O) groups excluding carboxylic acids is 1. The Morgan fingerprint density at radius 1 is 1.07 bits per heavy atom. The molecule has 6 heteroatoms. The summed E-state index contributed by atoms with van der Waals surface area (Å²) < 4.78 is 25.7. The Morgan fingerprint density at radius 3 is 2.34 bits per heavy atom. The summed E-state index contributed by atoms with van der Waals surface area (Å²) in [5, 5.41) is 3.03. The van der Waals surface area contributed by atoms with E-state index in [1.165, 1.54) is 24.0 Å². The third-order valence-corrected chi connectivity index (χ3v) is 6.67. The average molecular weight is 415 g/mol. The van der Waals surface area contributed by atoms with Crippen LogP contribution in [0.15, 0.2) is 42.5 Å². The van der Waals surface area contributed by atoms with Crippen molar-refractivity contribution in [2.45, 2.75) is 52.0 Å². The van der Waals surface area contributed by atoms with Gasteiger partial charge in [-0.3, -0.25) is 9.10 Å². The number of aryl methyl sites for hydroxylation is 3. The topological polar surface area (TPSA) is 66.5 Å². The van der Waals surface area contributed by atoms with Crippen molar-refractivity contribution in [3.05, 3.63) is 64.7 Å². The van der Waals surface area contributed by atoms with Gasteiger partial charge in [-0.15, -0.1) is 0 Å². The molecular formula is C23H30N2O3S. The lowest BCUT2D eigenvalue weighted by atomic mass is 9.89. The lowest BCUT2D eigenvalue weighted by Crippen LogP contribution is -2.41. The van der Waals surface area contributed by atoms with Crippen LogP contribution in [0.4, 0.5) is 5.69 Å². The summed E-state index contributed by atoms with van der Waals surface area (Å²) in [6.45, 7) is 3.73. The number of amides is 1. The van der Waals surface area contributed by atoms with Crippen molar-refractivity contribution in [2.24, 2.45) is 0 Å². The minimum atomic E-state index is -3.57. The number of fused-ring (bicyclic) bond motifs is 1. The highest BCUT2D eigenvalue weighted by molar-refractivity contribution is 7.92. The van der Waals surface area contributed by atoms with Gasteiger partial charge in [-0.05, 0) is 67.9 Å². The SMILES string of the molecule is CCC(NC(=O)CN(c1ccc(C)cc1)S(C)(=O)=O)c1ccc2c(c1)CCCC2. The number of hydrogen-bond acceptors (Lipinski definition) is 3. The molecule has 1 aliphatic carbocycles. The molecule has 0 saturated heterocycles. The summed E-state index contributed by atoms with van der Waals surface area (Å²) in [5.41, 5.74) is 5.39. The summed E-state index contributed by atoms with van der Waals surface area (Å²) in [7, 11) is -3.57. The lowest BCUT2D eigenvalue weighted by molar-refractivity contribution is -0.120. The van der Waals surface area contributed by atoms with Crippen LogP contribution >= 0.6 is 0 Å². The first-order valence-electron chi connectivity index (χ1n) is 10.2. The molecule has 0 aliphatic heterocycles. The first-order chi connectivity index (χ1) is 13.8. The second kappa shape index (κ2) is 8.99. The standard InChI is InChI=1S/C23H30N2O3S/c1-4-22(20-12-11-18-7-5-6-8-19(18)15-20)24-23(26)16-25(29(3,27)28)21-13-9-17(2)10-14-21/h9-15,22H,4-8,16H2,1-3H3,(H,24,26). The van der Waals surface area contributed by atoms with Gasteiger partial charge in [-0.2, -0.15) is 0 Å². The maximum atomic E-state index is 12.8. The van der Waals surface area contributed by atoms with Crippen LogP contribution in [0.25, 0.3) is 0 Å². The van der Waals surface area contributed by atoms with Gasteiger partial charge < -0.3 is 5.32 Å². The highest BCUT2D eigenvalue weighted by Gasteiger charge is 2.23. The molecule has 29 heavy (non-hydrogen) atoms. The Balaban J connectivity index is 1.75. The molecule has 3 rings (SSSR count). The van der Waals surface area contributed by atoms with Gasteiger partial charge in [-0.25, -0.2) is 8.42 Å². The molecule has 0 radical (unpaired) electrons. The van der Waals surface area contributed by atoms with E-state index in [1.807, 2.05) is 26.0 Å². The van der Waals surface area contributed by atoms with Crippen LogP contribution in [-0.2, 0) is 27.7 Å². The van der Waals surface area contributed by atoms with Crippen LogP contribution in [0.5, 0.6) is 0 Å². The first-order valence-corrected chi connectivity index (χ1v) is 12.1. The molecule has 1 N–H and O–H groups in total. The van der Waals surface area contributed by atoms with Gasteiger partial charge in [0, 0.05) is 0 Å². The van der Waals surface area contributed by atoms with Gasteiger partial charge in [-0.1, -0.05) is 42.8 Å². The lowest BCUT2D eigenvalue weighted by Gasteiger charge is -2.25. The number of rotatable bonds is 7. The fourth-order valence-electron chi connectivity index (χ4n) is 3.87. The van der Waals surface area contributed by atoms with Gasteiger partial charge in [0.1, 0.15) is 6.54 Å². The smallest absolute Gasteiger partial charge is 0.241 e. The Hall–Kier alpha value is -2.34. The largest absolute Gasteiger partial charge is 0.348 e. The Bertz CT molecular complexity index is 968. The second-order valence-electron chi connectivity index (χ2n) is 7.87. The van der Waals surface area contributed by atoms with Gasteiger partial charge in [0.05, 0.1) is 18.0 Å². The minimum Gasteiger partial charge on any atom is -0.348 e. The van der Waals surface area contributed by atoms with Crippen molar-refractivity contribution in [3.63, 3.8) is 0 Å². The molecule has 2 aromatic rings. The molecule has 1 atom stereocenters. The van der Waals surface area contributed by atoms with Crippen LogP contribution in [0.2, 0.25) is 0 Å². The molecule has 1 unspecified atom stereocenters. The summed E-state index contributed by atoms with van der Waals surface area (Å²) in [5.74, 6) is -0.305. The van der Waals surface area contributed by atoms with Crippen molar-refractivity contribution in [1.29, 1.82) is 0 Å². The van der Waals surface area contributed by atoms with E-state index in [0.29, 0.717) is 5.69 Å². The zero-order chi connectivity index (χ0) is 21.0. The van der Waals surface area contributed by atoms with Crippen molar-refractivity contribution in [1.82, 2.24) is 5.32 Å². The van der Waals surface area contributed by atoms with Crippen LogP contribution in [0.1, 0.15) is 54.5 Å². The number of sulfonamides is 1. The number of nitrogens with zero attached hydrogens (tertiary/aromatic N) is 1. The van der Waals surface area contributed by atoms with Crippen LogP contribution in [-0.4, -0.2) is 27.1 Å². The minimum absolute atomic E-state index is 0.130. The molecule has 0 fully saturated rings. The van der Waals surface area contributed by atoms with Crippen molar-refractivity contribution >= 4 is 21.6 Å². The highest BCUT2D eigenvalue weighted by Crippen LogP contribution is 2.26. The van der Waals surface area contributed by atoms with Gasteiger partial charge >= 0.3 is 0 Å². The zero-order valence-corrected chi connectivity index (χ0v) is 18.3. The van der Waals surface area contributed by atoms with E-state index in [-0.39, 0.29) is 18.5 Å². The van der Waals surface area contributed by atoms with Crippen molar-refractivity contribution < 1.29 is 13.2 Å². The molecule has 0 saturated carbocycles. The van der Waals surface area contributed by atoms with Crippen LogP contribution in [0.3, 0.4) is 0 Å².